The molecule has 0 bridgehead atoms. The van der Waals surface area contributed by atoms with Crippen molar-refractivity contribution in [1.29, 1.82) is 0 Å². The maximum Gasteiger partial charge on any atom is 0.196 e. The van der Waals surface area contributed by atoms with Gasteiger partial charge in [-0.25, -0.2) is 8.42 Å². The molecule has 28 heavy (non-hydrogen) atoms. The number of thioether (sulfide) groups is 1. The van der Waals surface area contributed by atoms with E-state index in [-0.39, 0.29) is 16.8 Å². The molecule has 0 atom stereocenters. The van der Waals surface area contributed by atoms with Crippen molar-refractivity contribution in [2.45, 2.75) is 30.2 Å². The lowest BCUT2D eigenvalue weighted by atomic mass is 10.2. The highest BCUT2D eigenvalue weighted by atomic mass is 35.5. The highest BCUT2D eigenvalue weighted by molar-refractivity contribution is 8.00. The van der Waals surface area contributed by atoms with Crippen LogP contribution in [0.15, 0.2) is 53.7 Å². The average molecular weight is 434 g/mol. The van der Waals surface area contributed by atoms with Crippen LogP contribution >= 0.6 is 23.4 Å². The topological polar surface area (TPSA) is 64.8 Å². The van der Waals surface area contributed by atoms with Crippen LogP contribution in [0.1, 0.15) is 18.4 Å². The molecule has 2 aromatic carbocycles. The van der Waals surface area contributed by atoms with Gasteiger partial charge in [0.2, 0.25) is 0 Å². The Morgan fingerprint density at radius 2 is 1.64 bits per heavy atom. The third kappa shape index (κ3) is 4.26. The first-order valence-electron chi connectivity index (χ1n) is 9.07. The van der Waals surface area contributed by atoms with Crippen molar-refractivity contribution in [1.82, 2.24) is 14.8 Å². The maximum atomic E-state index is 11.7. The number of hydrogen-bond donors (Lipinski definition) is 0. The first-order valence-corrected chi connectivity index (χ1v) is 12.1. The van der Waals surface area contributed by atoms with Gasteiger partial charge in [-0.15, -0.1) is 10.2 Å². The Balaban J connectivity index is 1.72. The summed E-state index contributed by atoms with van der Waals surface area (Å²) in [6.45, 7) is 2.05. The summed E-state index contributed by atoms with van der Waals surface area (Å²) >= 11 is 7.64. The van der Waals surface area contributed by atoms with Crippen molar-refractivity contribution in [3.05, 3.63) is 59.1 Å². The minimum atomic E-state index is -2.89. The van der Waals surface area contributed by atoms with Gasteiger partial charge in [0, 0.05) is 21.5 Å². The predicted octanol–water partition coefficient (Wildman–Crippen LogP) is 4.57. The molecule has 1 saturated heterocycles. The second-order valence-corrected chi connectivity index (χ2v) is 11.0. The minimum absolute atomic E-state index is 0.218. The number of hydrogen-bond acceptors (Lipinski definition) is 5. The number of nitrogens with zero attached hydrogens (tertiary/aromatic N) is 3. The Morgan fingerprint density at radius 1 is 1.00 bits per heavy atom. The highest BCUT2D eigenvalue weighted by Gasteiger charge is 2.27. The van der Waals surface area contributed by atoms with Gasteiger partial charge in [-0.2, -0.15) is 0 Å². The number of sulfone groups is 1. The Bertz CT molecular complexity index is 1060. The lowest BCUT2D eigenvalue weighted by Crippen LogP contribution is -2.25. The second-order valence-electron chi connectivity index (χ2n) is 6.95. The van der Waals surface area contributed by atoms with E-state index in [1.807, 2.05) is 47.9 Å². The maximum absolute atomic E-state index is 11.7. The summed E-state index contributed by atoms with van der Waals surface area (Å²) in [5.74, 6) is 1.23. The number of aromatic nitrogens is 3. The fourth-order valence-corrected chi connectivity index (χ4v) is 6.26. The normalized spacial score (nSPS) is 16.9. The summed E-state index contributed by atoms with van der Waals surface area (Å²) in [7, 11) is -2.89. The van der Waals surface area contributed by atoms with Gasteiger partial charge < -0.3 is 0 Å². The van der Waals surface area contributed by atoms with E-state index in [9.17, 15) is 8.42 Å². The summed E-state index contributed by atoms with van der Waals surface area (Å²) in [6, 6.07) is 15.7. The second kappa shape index (κ2) is 7.89. The van der Waals surface area contributed by atoms with Gasteiger partial charge in [0.1, 0.15) is 9.84 Å². The third-order valence-corrected chi connectivity index (χ3v) is 8.05. The fourth-order valence-electron chi connectivity index (χ4n) is 3.19. The van der Waals surface area contributed by atoms with Crippen LogP contribution in [-0.2, 0) is 9.84 Å². The molecule has 146 valence electrons. The van der Waals surface area contributed by atoms with E-state index in [1.54, 1.807) is 11.8 Å². The van der Waals surface area contributed by atoms with Crippen LogP contribution in [0.4, 0.5) is 0 Å². The van der Waals surface area contributed by atoms with Crippen molar-refractivity contribution < 1.29 is 8.42 Å². The molecular formula is C20H20ClN3O2S2. The van der Waals surface area contributed by atoms with Gasteiger partial charge in [-0.05, 0) is 56.2 Å². The molecule has 0 spiro atoms. The standard InChI is InChI=1S/C20H20ClN3O2S2/c1-14-2-8-17(9-3-14)24-19(15-4-6-16(21)7-5-15)22-23-20(24)27-18-10-12-28(25,26)13-11-18/h2-9,18H,10-13H2,1H3. The molecule has 0 aliphatic carbocycles. The summed E-state index contributed by atoms with van der Waals surface area (Å²) in [5, 5.41) is 10.5. The van der Waals surface area contributed by atoms with Crippen LogP contribution in [0.2, 0.25) is 5.02 Å². The molecule has 2 heterocycles. The minimum Gasteiger partial charge on any atom is -0.270 e. The zero-order chi connectivity index (χ0) is 19.7. The molecule has 8 heteroatoms. The van der Waals surface area contributed by atoms with Crippen LogP contribution in [0.25, 0.3) is 17.1 Å². The number of rotatable bonds is 4. The first kappa shape index (κ1) is 19.5. The van der Waals surface area contributed by atoms with Crippen LogP contribution in [0.3, 0.4) is 0 Å². The van der Waals surface area contributed by atoms with Crippen LogP contribution in [-0.4, -0.2) is 39.9 Å². The van der Waals surface area contributed by atoms with Gasteiger partial charge in [-0.1, -0.05) is 41.1 Å². The van der Waals surface area contributed by atoms with E-state index in [1.165, 1.54) is 5.56 Å². The molecule has 0 N–H and O–H groups in total. The van der Waals surface area contributed by atoms with Crippen LogP contribution < -0.4 is 0 Å². The molecule has 0 unspecified atom stereocenters. The Morgan fingerprint density at radius 3 is 2.29 bits per heavy atom. The van der Waals surface area contributed by atoms with E-state index in [2.05, 4.69) is 22.3 Å². The molecule has 1 fully saturated rings. The van der Waals surface area contributed by atoms with E-state index in [4.69, 9.17) is 11.6 Å². The van der Waals surface area contributed by atoms with Gasteiger partial charge in [0.05, 0.1) is 11.5 Å². The quantitative estimate of drug-likeness (QED) is 0.603. The van der Waals surface area contributed by atoms with Crippen molar-refractivity contribution in [3.63, 3.8) is 0 Å². The molecule has 1 aliphatic heterocycles. The van der Waals surface area contributed by atoms with Crippen molar-refractivity contribution >= 4 is 33.2 Å². The van der Waals surface area contributed by atoms with E-state index in [0.717, 1.165) is 22.2 Å². The van der Waals surface area contributed by atoms with E-state index >= 15 is 0 Å². The molecule has 5 nitrogen and oxygen atoms in total. The molecule has 0 radical (unpaired) electrons. The molecule has 1 aromatic heterocycles. The van der Waals surface area contributed by atoms with Crippen LogP contribution in [0.5, 0.6) is 0 Å². The Labute approximate surface area is 174 Å². The number of aryl methyl sites for hydroxylation is 1. The average Bonchev–Trinajstić information content (AvgIpc) is 3.08. The van der Waals surface area contributed by atoms with Gasteiger partial charge in [0.15, 0.2) is 11.0 Å². The fraction of sp³-hybridized carbons (Fsp3) is 0.300. The SMILES string of the molecule is Cc1ccc(-n2c(SC3CCS(=O)(=O)CC3)nnc2-c2ccc(Cl)cc2)cc1. The van der Waals surface area contributed by atoms with E-state index in [0.29, 0.717) is 17.9 Å². The smallest absolute Gasteiger partial charge is 0.196 e. The molecular weight excluding hydrogens is 414 g/mol. The number of halogens is 1. The zero-order valence-corrected chi connectivity index (χ0v) is 17.8. The van der Waals surface area contributed by atoms with Crippen LogP contribution in [0, 0.1) is 6.92 Å². The first-order chi connectivity index (χ1) is 13.4. The monoisotopic (exact) mass is 433 g/mol. The Hall–Kier alpha value is -1.83. The lowest BCUT2D eigenvalue weighted by molar-refractivity contribution is 0.577. The molecule has 0 saturated carbocycles. The van der Waals surface area contributed by atoms with Crippen molar-refractivity contribution in [3.8, 4) is 17.1 Å². The summed E-state index contributed by atoms with van der Waals surface area (Å²) in [6.07, 6.45) is 1.29. The molecule has 4 rings (SSSR count). The van der Waals surface area contributed by atoms with Gasteiger partial charge in [0.25, 0.3) is 0 Å². The zero-order valence-electron chi connectivity index (χ0n) is 15.4. The largest absolute Gasteiger partial charge is 0.270 e. The predicted molar refractivity (Wildman–Crippen MR) is 114 cm³/mol. The Kier molecular flexibility index (Phi) is 5.49. The van der Waals surface area contributed by atoms with E-state index < -0.39 is 9.84 Å². The lowest BCUT2D eigenvalue weighted by Gasteiger charge is -2.21. The molecule has 1 aliphatic rings. The van der Waals surface area contributed by atoms with Crippen molar-refractivity contribution in [2.24, 2.45) is 0 Å². The molecule has 0 amide bonds. The van der Waals surface area contributed by atoms with Gasteiger partial charge in [-0.3, -0.25) is 4.57 Å². The summed E-state index contributed by atoms with van der Waals surface area (Å²) in [4.78, 5) is 0. The summed E-state index contributed by atoms with van der Waals surface area (Å²) in [5.41, 5.74) is 3.08. The number of benzene rings is 2. The molecule has 3 aromatic rings. The van der Waals surface area contributed by atoms with Gasteiger partial charge >= 0.3 is 0 Å². The highest BCUT2D eigenvalue weighted by Crippen LogP contribution is 2.34. The van der Waals surface area contributed by atoms with Crippen molar-refractivity contribution in [2.75, 3.05) is 11.5 Å². The summed E-state index contributed by atoms with van der Waals surface area (Å²) < 4.78 is 25.5. The third-order valence-electron chi connectivity index (χ3n) is 4.80.